The van der Waals surface area contributed by atoms with Crippen molar-refractivity contribution < 1.29 is 9.18 Å². The van der Waals surface area contributed by atoms with E-state index in [4.69, 9.17) is 5.73 Å². The van der Waals surface area contributed by atoms with Gasteiger partial charge in [0, 0.05) is 30.9 Å². The predicted octanol–water partition coefficient (Wildman–Crippen LogP) is 1.88. The number of nitrogens with one attached hydrogen (secondary N) is 2. The van der Waals surface area contributed by atoms with Crippen LogP contribution < -0.4 is 21.3 Å². The number of nitrogens with two attached hydrogens (primary N) is 1. The third kappa shape index (κ3) is 4.17. The average molecular weight is 357 g/mol. The molecule has 26 heavy (non-hydrogen) atoms. The minimum absolute atomic E-state index is 0.0135. The zero-order valence-corrected chi connectivity index (χ0v) is 14.8. The van der Waals surface area contributed by atoms with Gasteiger partial charge < -0.3 is 10.6 Å². The van der Waals surface area contributed by atoms with E-state index in [9.17, 15) is 9.18 Å². The van der Waals surface area contributed by atoms with Crippen LogP contribution in [0.1, 0.15) is 23.7 Å². The fourth-order valence-corrected chi connectivity index (χ4v) is 3.21. The first-order valence-corrected chi connectivity index (χ1v) is 8.82. The van der Waals surface area contributed by atoms with Gasteiger partial charge in [0.25, 0.3) is 5.91 Å². The van der Waals surface area contributed by atoms with Crippen LogP contribution in [0.15, 0.2) is 42.6 Å². The lowest BCUT2D eigenvalue weighted by molar-refractivity contribution is 0.100. The van der Waals surface area contributed by atoms with Crippen molar-refractivity contribution in [3.8, 4) is 11.1 Å². The van der Waals surface area contributed by atoms with E-state index in [0.29, 0.717) is 31.0 Å². The molecule has 1 amide bonds. The molecule has 4 N–H and O–H groups in total. The Morgan fingerprint density at radius 3 is 2.85 bits per heavy atom. The van der Waals surface area contributed by atoms with Gasteiger partial charge in [-0.25, -0.2) is 9.37 Å². The molecular formula is C19H24FN5O. The fraction of sp³-hybridized carbons (Fsp3) is 0.368. The highest BCUT2D eigenvalue weighted by Crippen LogP contribution is 2.27. The minimum Gasteiger partial charge on any atom is -0.365 e. The Balaban J connectivity index is 1.79. The van der Waals surface area contributed by atoms with Gasteiger partial charge in [-0.2, -0.15) is 0 Å². The molecule has 2 heterocycles. The second-order valence-electron chi connectivity index (χ2n) is 6.34. The molecule has 0 aliphatic carbocycles. The van der Waals surface area contributed by atoms with Crippen molar-refractivity contribution in [1.82, 2.24) is 15.6 Å². The molecule has 138 valence electrons. The van der Waals surface area contributed by atoms with Gasteiger partial charge >= 0.3 is 0 Å². The normalized spacial score (nSPS) is 18.1. The topological polar surface area (TPSA) is 83.3 Å². The van der Waals surface area contributed by atoms with E-state index >= 15 is 0 Å². The number of halogens is 1. The average Bonchev–Trinajstić information content (AvgIpc) is 3.10. The SMILES string of the molecule is CCNC(F)N[C@H]1CCN(c2ncc(-c3ccccc3)cc2C(N)=O)C1. The third-order valence-corrected chi connectivity index (χ3v) is 4.49. The van der Waals surface area contributed by atoms with E-state index in [1.807, 2.05) is 42.2 Å². The highest BCUT2D eigenvalue weighted by Gasteiger charge is 2.28. The van der Waals surface area contributed by atoms with Crippen molar-refractivity contribution in [1.29, 1.82) is 0 Å². The molecule has 1 saturated heterocycles. The number of hydrogen-bond donors (Lipinski definition) is 3. The van der Waals surface area contributed by atoms with Crippen molar-refractivity contribution in [3.05, 3.63) is 48.2 Å². The van der Waals surface area contributed by atoms with Gasteiger partial charge in [0.2, 0.25) is 6.42 Å². The van der Waals surface area contributed by atoms with Crippen molar-refractivity contribution >= 4 is 11.7 Å². The lowest BCUT2D eigenvalue weighted by atomic mass is 10.1. The summed E-state index contributed by atoms with van der Waals surface area (Å²) in [5, 5.41) is 5.60. The number of anilines is 1. The molecule has 2 aromatic rings. The first kappa shape index (κ1) is 18.3. The number of aromatic nitrogens is 1. The Morgan fingerprint density at radius 2 is 2.15 bits per heavy atom. The Kier molecular flexibility index (Phi) is 5.80. The van der Waals surface area contributed by atoms with E-state index in [1.165, 1.54) is 0 Å². The third-order valence-electron chi connectivity index (χ3n) is 4.49. The monoisotopic (exact) mass is 357 g/mol. The summed E-state index contributed by atoms with van der Waals surface area (Å²) in [6.45, 7) is 3.67. The molecule has 1 aliphatic rings. The molecule has 7 heteroatoms. The van der Waals surface area contributed by atoms with Crippen LogP contribution in [-0.4, -0.2) is 43.0 Å². The predicted molar refractivity (Wildman–Crippen MR) is 101 cm³/mol. The molecule has 0 spiro atoms. The molecule has 1 unspecified atom stereocenters. The van der Waals surface area contributed by atoms with Gasteiger partial charge in [-0.05, 0) is 24.6 Å². The molecule has 1 aromatic heterocycles. The van der Waals surface area contributed by atoms with Crippen LogP contribution in [0.3, 0.4) is 0 Å². The number of pyridine rings is 1. The molecule has 0 radical (unpaired) electrons. The summed E-state index contributed by atoms with van der Waals surface area (Å²) in [5.74, 6) is 0.0399. The maximum Gasteiger partial charge on any atom is 0.252 e. The van der Waals surface area contributed by atoms with Gasteiger partial charge in [0.15, 0.2) is 0 Å². The Hall–Kier alpha value is -2.51. The zero-order chi connectivity index (χ0) is 18.5. The number of alkyl halides is 1. The number of hydrogen-bond acceptors (Lipinski definition) is 5. The maximum absolute atomic E-state index is 13.7. The van der Waals surface area contributed by atoms with Gasteiger partial charge in [-0.3, -0.25) is 15.4 Å². The number of benzene rings is 1. The molecule has 0 bridgehead atoms. The summed E-state index contributed by atoms with van der Waals surface area (Å²) in [6, 6.07) is 11.5. The first-order valence-electron chi connectivity index (χ1n) is 8.82. The van der Waals surface area contributed by atoms with Crippen LogP contribution in [0.4, 0.5) is 10.2 Å². The number of carbonyl (C=O) groups is 1. The standard InChI is InChI=1S/C19H24FN5O/c1-2-22-19(20)24-15-8-9-25(12-15)18-16(17(21)26)10-14(11-23-18)13-6-4-3-5-7-13/h3-7,10-11,15,19,22,24H,2,8-9,12H2,1H3,(H2,21,26)/t15-,19?/m0/s1. The van der Waals surface area contributed by atoms with Crippen molar-refractivity contribution in [3.63, 3.8) is 0 Å². The Bertz CT molecular complexity index is 755. The summed E-state index contributed by atoms with van der Waals surface area (Å²) >= 11 is 0. The van der Waals surface area contributed by atoms with E-state index in [0.717, 1.165) is 17.5 Å². The molecule has 1 aliphatic heterocycles. The van der Waals surface area contributed by atoms with Gasteiger partial charge in [-0.15, -0.1) is 0 Å². The molecule has 1 aromatic carbocycles. The summed E-state index contributed by atoms with van der Waals surface area (Å²) in [5.41, 5.74) is 7.79. The lowest BCUT2D eigenvalue weighted by Crippen LogP contribution is -2.45. The van der Waals surface area contributed by atoms with Crippen molar-refractivity contribution in [2.45, 2.75) is 25.8 Å². The fourth-order valence-electron chi connectivity index (χ4n) is 3.21. The summed E-state index contributed by atoms with van der Waals surface area (Å²) < 4.78 is 13.7. The highest BCUT2D eigenvalue weighted by molar-refractivity contribution is 5.99. The summed E-state index contributed by atoms with van der Waals surface area (Å²) in [4.78, 5) is 18.4. The van der Waals surface area contributed by atoms with Crippen LogP contribution in [0.5, 0.6) is 0 Å². The number of primary amides is 1. The molecule has 1 fully saturated rings. The van der Waals surface area contributed by atoms with Crippen LogP contribution in [0.25, 0.3) is 11.1 Å². The number of carbonyl (C=O) groups excluding carboxylic acids is 1. The maximum atomic E-state index is 13.7. The Labute approximate surface area is 152 Å². The quantitative estimate of drug-likeness (QED) is 0.521. The smallest absolute Gasteiger partial charge is 0.252 e. The molecule has 0 saturated carbocycles. The number of amides is 1. The van der Waals surface area contributed by atoms with E-state index in [2.05, 4.69) is 15.6 Å². The van der Waals surface area contributed by atoms with Crippen LogP contribution in [-0.2, 0) is 0 Å². The molecule has 2 atom stereocenters. The Morgan fingerprint density at radius 1 is 1.38 bits per heavy atom. The van der Waals surface area contributed by atoms with Crippen molar-refractivity contribution in [2.24, 2.45) is 5.73 Å². The molecule has 6 nitrogen and oxygen atoms in total. The van der Waals surface area contributed by atoms with Gasteiger partial charge in [-0.1, -0.05) is 37.3 Å². The van der Waals surface area contributed by atoms with Crippen LogP contribution in [0, 0.1) is 0 Å². The summed E-state index contributed by atoms with van der Waals surface area (Å²) in [6.07, 6.45) is 1.27. The largest absolute Gasteiger partial charge is 0.365 e. The summed E-state index contributed by atoms with van der Waals surface area (Å²) in [7, 11) is 0. The minimum atomic E-state index is -1.24. The zero-order valence-electron chi connectivity index (χ0n) is 14.8. The molecule has 3 rings (SSSR count). The van der Waals surface area contributed by atoms with Crippen molar-refractivity contribution in [2.75, 3.05) is 24.5 Å². The van der Waals surface area contributed by atoms with E-state index < -0.39 is 12.3 Å². The number of rotatable bonds is 7. The van der Waals surface area contributed by atoms with E-state index in [1.54, 1.807) is 12.3 Å². The lowest BCUT2D eigenvalue weighted by Gasteiger charge is -2.21. The second-order valence-corrected chi connectivity index (χ2v) is 6.34. The van der Waals surface area contributed by atoms with Crippen LogP contribution >= 0.6 is 0 Å². The van der Waals surface area contributed by atoms with E-state index in [-0.39, 0.29) is 6.04 Å². The van der Waals surface area contributed by atoms with Gasteiger partial charge in [0.1, 0.15) is 5.82 Å². The first-order chi connectivity index (χ1) is 12.6. The van der Waals surface area contributed by atoms with Gasteiger partial charge in [0.05, 0.1) is 5.56 Å². The highest BCUT2D eigenvalue weighted by atomic mass is 19.1. The molecular weight excluding hydrogens is 333 g/mol. The van der Waals surface area contributed by atoms with Crippen LogP contribution in [0.2, 0.25) is 0 Å². The second kappa shape index (κ2) is 8.25. The number of nitrogens with zero attached hydrogens (tertiary/aromatic N) is 2.